The lowest BCUT2D eigenvalue weighted by atomic mass is 9.92. The van der Waals surface area contributed by atoms with Gasteiger partial charge in [0.1, 0.15) is 5.76 Å². The molecule has 0 saturated heterocycles. The van der Waals surface area contributed by atoms with Crippen molar-refractivity contribution in [2.24, 2.45) is 0 Å². The van der Waals surface area contributed by atoms with E-state index in [1.54, 1.807) is 6.26 Å². The van der Waals surface area contributed by atoms with Crippen LogP contribution in [0.2, 0.25) is 0 Å². The molecule has 0 amide bonds. The van der Waals surface area contributed by atoms with Gasteiger partial charge in [0.05, 0.1) is 18.2 Å². The van der Waals surface area contributed by atoms with E-state index in [0.29, 0.717) is 6.04 Å². The fourth-order valence-electron chi connectivity index (χ4n) is 3.96. The SMILES string of the molecule is c1ccc(-n2ncc3c2CCC[C@@H]3NCc2cccc(-c3ccco3)c2)nc1. The Morgan fingerprint density at radius 3 is 2.96 bits per heavy atom. The molecular weight excluding hydrogens is 348 g/mol. The molecule has 3 aromatic heterocycles. The molecular formula is C23H22N4O. The first kappa shape index (κ1) is 17.0. The standard InChI is InChI=1S/C23H22N4O/c1-2-12-24-23(11-1)27-21-9-4-8-20(19(21)16-26-27)25-15-17-6-3-7-18(14-17)22-10-5-13-28-22/h1-3,5-7,10-14,16,20,25H,4,8-9,15H2/t20-/m0/s1. The summed E-state index contributed by atoms with van der Waals surface area (Å²) in [4.78, 5) is 4.45. The largest absolute Gasteiger partial charge is 0.464 e. The third-order valence-electron chi connectivity index (χ3n) is 5.33. The molecule has 3 heterocycles. The van der Waals surface area contributed by atoms with Crippen LogP contribution in [0.1, 0.15) is 35.7 Å². The average molecular weight is 370 g/mol. The summed E-state index contributed by atoms with van der Waals surface area (Å²) in [5, 5.41) is 8.35. The fourth-order valence-corrected chi connectivity index (χ4v) is 3.96. The van der Waals surface area contributed by atoms with Gasteiger partial charge in [-0.25, -0.2) is 9.67 Å². The monoisotopic (exact) mass is 370 g/mol. The summed E-state index contributed by atoms with van der Waals surface area (Å²) in [6.45, 7) is 0.813. The summed E-state index contributed by atoms with van der Waals surface area (Å²) in [5.41, 5.74) is 4.92. The van der Waals surface area contributed by atoms with E-state index in [9.17, 15) is 0 Å². The number of rotatable bonds is 5. The number of aromatic nitrogens is 3. The Morgan fingerprint density at radius 2 is 2.11 bits per heavy atom. The first-order chi connectivity index (χ1) is 13.9. The maximum Gasteiger partial charge on any atom is 0.153 e. The average Bonchev–Trinajstić information content (AvgIpc) is 3.43. The first-order valence-corrected chi connectivity index (χ1v) is 9.73. The highest BCUT2D eigenvalue weighted by atomic mass is 16.3. The molecule has 28 heavy (non-hydrogen) atoms. The molecule has 5 nitrogen and oxygen atoms in total. The van der Waals surface area contributed by atoms with Crippen LogP contribution in [0, 0.1) is 0 Å². The second-order valence-corrected chi connectivity index (χ2v) is 7.15. The fraction of sp³-hybridized carbons (Fsp3) is 0.217. The van der Waals surface area contributed by atoms with E-state index in [1.165, 1.54) is 16.8 Å². The second kappa shape index (κ2) is 7.44. The van der Waals surface area contributed by atoms with Crippen molar-refractivity contribution in [3.05, 3.63) is 90.1 Å². The zero-order valence-corrected chi connectivity index (χ0v) is 15.6. The molecule has 0 unspecified atom stereocenters. The van der Waals surface area contributed by atoms with Crippen LogP contribution < -0.4 is 5.32 Å². The Labute approximate surface area is 164 Å². The van der Waals surface area contributed by atoms with Gasteiger partial charge in [-0.15, -0.1) is 0 Å². The Balaban J connectivity index is 1.34. The third kappa shape index (κ3) is 3.25. The van der Waals surface area contributed by atoms with Crippen molar-refractivity contribution in [1.82, 2.24) is 20.1 Å². The number of hydrogen-bond acceptors (Lipinski definition) is 4. The third-order valence-corrected chi connectivity index (χ3v) is 5.33. The topological polar surface area (TPSA) is 55.9 Å². The van der Waals surface area contributed by atoms with E-state index in [1.807, 2.05) is 47.4 Å². The minimum Gasteiger partial charge on any atom is -0.464 e. The highest BCUT2D eigenvalue weighted by molar-refractivity contribution is 5.58. The van der Waals surface area contributed by atoms with Crippen molar-refractivity contribution < 1.29 is 4.42 Å². The van der Waals surface area contributed by atoms with Gasteiger partial charge in [-0.2, -0.15) is 5.10 Å². The molecule has 0 saturated carbocycles. The zero-order chi connectivity index (χ0) is 18.8. The Bertz CT molecular complexity index is 1050. The number of fused-ring (bicyclic) bond motifs is 1. The smallest absolute Gasteiger partial charge is 0.153 e. The molecule has 5 rings (SSSR count). The van der Waals surface area contributed by atoms with Crippen LogP contribution in [0.25, 0.3) is 17.1 Å². The lowest BCUT2D eigenvalue weighted by Crippen LogP contribution is -2.25. The van der Waals surface area contributed by atoms with Gasteiger partial charge in [-0.1, -0.05) is 24.3 Å². The molecule has 0 spiro atoms. The van der Waals surface area contributed by atoms with Gasteiger partial charge in [0, 0.05) is 29.9 Å². The van der Waals surface area contributed by atoms with Gasteiger partial charge in [-0.3, -0.25) is 0 Å². The molecule has 4 aromatic rings. The van der Waals surface area contributed by atoms with Gasteiger partial charge in [-0.05, 0) is 55.2 Å². The van der Waals surface area contributed by atoms with Gasteiger partial charge >= 0.3 is 0 Å². The van der Waals surface area contributed by atoms with Crippen LogP contribution in [-0.2, 0) is 13.0 Å². The van der Waals surface area contributed by atoms with E-state index in [4.69, 9.17) is 4.42 Å². The summed E-state index contributed by atoms with van der Waals surface area (Å²) < 4.78 is 7.51. The van der Waals surface area contributed by atoms with Crippen molar-refractivity contribution in [1.29, 1.82) is 0 Å². The highest BCUT2D eigenvalue weighted by Gasteiger charge is 2.24. The van der Waals surface area contributed by atoms with Gasteiger partial charge in [0.25, 0.3) is 0 Å². The summed E-state index contributed by atoms with van der Waals surface area (Å²) in [5.74, 6) is 1.79. The Hall–Kier alpha value is -3.18. The van der Waals surface area contributed by atoms with Crippen molar-refractivity contribution in [2.45, 2.75) is 31.8 Å². The Morgan fingerprint density at radius 1 is 1.11 bits per heavy atom. The molecule has 5 heteroatoms. The van der Waals surface area contributed by atoms with Crippen molar-refractivity contribution in [2.75, 3.05) is 0 Å². The van der Waals surface area contributed by atoms with Crippen LogP contribution in [0.5, 0.6) is 0 Å². The summed E-state index contributed by atoms with van der Waals surface area (Å²) >= 11 is 0. The molecule has 140 valence electrons. The maximum absolute atomic E-state index is 5.52. The van der Waals surface area contributed by atoms with Crippen LogP contribution in [0.15, 0.2) is 77.7 Å². The van der Waals surface area contributed by atoms with E-state index < -0.39 is 0 Å². The molecule has 0 fully saturated rings. The number of nitrogens with one attached hydrogen (secondary N) is 1. The lowest BCUT2D eigenvalue weighted by molar-refractivity contribution is 0.454. The van der Waals surface area contributed by atoms with Gasteiger partial charge < -0.3 is 9.73 Å². The molecule has 0 aliphatic heterocycles. The molecule has 1 aliphatic rings. The zero-order valence-electron chi connectivity index (χ0n) is 15.6. The predicted octanol–water partition coefficient (Wildman–Crippen LogP) is 4.69. The molecule has 1 aliphatic carbocycles. The van der Waals surface area contributed by atoms with E-state index in [2.05, 4.69) is 39.7 Å². The molecule has 1 atom stereocenters. The normalized spacial score (nSPS) is 16.1. The van der Waals surface area contributed by atoms with Gasteiger partial charge in [0.2, 0.25) is 0 Å². The predicted molar refractivity (Wildman–Crippen MR) is 108 cm³/mol. The van der Waals surface area contributed by atoms with Crippen molar-refractivity contribution in [3.63, 3.8) is 0 Å². The lowest BCUT2D eigenvalue weighted by Gasteiger charge is -2.24. The molecule has 1 aromatic carbocycles. The van der Waals surface area contributed by atoms with E-state index in [0.717, 1.165) is 42.9 Å². The number of pyridine rings is 1. The van der Waals surface area contributed by atoms with Gasteiger partial charge in [0.15, 0.2) is 5.82 Å². The maximum atomic E-state index is 5.52. The van der Waals surface area contributed by atoms with Crippen LogP contribution in [0.3, 0.4) is 0 Å². The highest BCUT2D eigenvalue weighted by Crippen LogP contribution is 2.31. The number of benzene rings is 1. The summed E-state index contributed by atoms with van der Waals surface area (Å²) in [7, 11) is 0. The van der Waals surface area contributed by atoms with Crippen LogP contribution in [-0.4, -0.2) is 14.8 Å². The quantitative estimate of drug-likeness (QED) is 0.553. The number of furan rings is 1. The van der Waals surface area contributed by atoms with Crippen molar-refractivity contribution in [3.8, 4) is 17.1 Å². The minimum absolute atomic E-state index is 0.313. The van der Waals surface area contributed by atoms with Crippen LogP contribution >= 0.6 is 0 Å². The molecule has 0 bridgehead atoms. The molecule has 0 radical (unpaired) electrons. The summed E-state index contributed by atoms with van der Waals surface area (Å²) in [6.07, 6.45) is 8.84. The van der Waals surface area contributed by atoms with E-state index in [-0.39, 0.29) is 0 Å². The van der Waals surface area contributed by atoms with Crippen molar-refractivity contribution >= 4 is 0 Å². The summed E-state index contributed by atoms with van der Waals surface area (Å²) in [6, 6.07) is 18.7. The molecule has 1 N–H and O–H groups in total. The number of nitrogens with zero attached hydrogens (tertiary/aromatic N) is 3. The van der Waals surface area contributed by atoms with E-state index >= 15 is 0 Å². The Kier molecular flexibility index (Phi) is 4.51. The minimum atomic E-state index is 0.313. The van der Waals surface area contributed by atoms with Crippen LogP contribution in [0.4, 0.5) is 0 Å². The first-order valence-electron chi connectivity index (χ1n) is 9.73. The number of hydrogen-bond donors (Lipinski definition) is 1. The second-order valence-electron chi connectivity index (χ2n) is 7.15.